The Morgan fingerprint density at radius 3 is 1.30 bits per heavy atom. The largest absolute Gasteiger partial charge is 0.481 e. The molecular formula is C22H32O8. The molecule has 0 spiro atoms. The van der Waals surface area contributed by atoms with Crippen LogP contribution in [0.3, 0.4) is 0 Å². The average Bonchev–Trinajstić information content (AvgIpc) is 2.70. The van der Waals surface area contributed by atoms with E-state index < -0.39 is 23.9 Å². The van der Waals surface area contributed by atoms with Crippen LogP contribution >= 0.6 is 0 Å². The van der Waals surface area contributed by atoms with Crippen LogP contribution in [0.15, 0.2) is 24.3 Å². The van der Waals surface area contributed by atoms with Gasteiger partial charge in [0.2, 0.25) is 0 Å². The summed E-state index contributed by atoms with van der Waals surface area (Å²) in [6.07, 6.45) is 5.82. The quantitative estimate of drug-likeness (QED) is 0.354. The standard InChI is InChI=1S/C12H14O4.C10H18O4/c1-3-15-11(13)9-7-5-6-8-10(9)12(14)16-4-2;11-9(12)7-5-3-1-2-4-6-8-10(13)14/h5-8H,3-4H2,1-2H3;1-8H2,(H,11,12)(H,13,14). The van der Waals surface area contributed by atoms with Crippen LogP contribution in [0.1, 0.15) is 85.9 Å². The first-order chi connectivity index (χ1) is 14.3. The van der Waals surface area contributed by atoms with Gasteiger partial charge in [-0.25, -0.2) is 9.59 Å². The van der Waals surface area contributed by atoms with E-state index in [4.69, 9.17) is 19.7 Å². The number of unbranched alkanes of at least 4 members (excludes halogenated alkanes) is 5. The van der Waals surface area contributed by atoms with Crippen LogP contribution in [-0.4, -0.2) is 47.3 Å². The lowest BCUT2D eigenvalue weighted by molar-refractivity contribution is -0.138. The number of carbonyl (C=O) groups excluding carboxylic acids is 2. The molecule has 8 nitrogen and oxygen atoms in total. The summed E-state index contributed by atoms with van der Waals surface area (Å²) in [7, 11) is 0. The van der Waals surface area contributed by atoms with E-state index >= 15 is 0 Å². The second-order valence-corrected chi connectivity index (χ2v) is 6.40. The molecule has 0 radical (unpaired) electrons. The third-order valence-corrected chi connectivity index (χ3v) is 3.95. The zero-order chi connectivity index (χ0) is 22.8. The lowest BCUT2D eigenvalue weighted by atomic mass is 10.1. The molecule has 0 bridgehead atoms. The number of carboxylic acid groups (broad SMARTS) is 2. The van der Waals surface area contributed by atoms with Crippen LogP contribution in [0, 0.1) is 0 Å². The van der Waals surface area contributed by atoms with Crippen LogP contribution in [0.4, 0.5) is 0 Å². The second-order valence-electron chi connectivity index (χ2n) is 6.40. The zero-order valence-electron chi connectivity index (χ0n) is 17.7. The number of aliphatic carboxylic acids is 2. The summed E-state index contributed by atoms with van der Waals surface area (Å²) in [6.45, 7) is 3.97. The molecule has 8 heteroatoms. The molecule has 0 aromatic heterocycles. The third-order valence-electron chi connectivity index (χ3n) is 3.95. The van der Waals surface area contributed by atoms with E-state index in [1.54, 1.807) is 38.1 Å². The maximum absolute atomic E-state index is 11.5. The summed E-state index contributed by atoms with van der Waals surface area (Å²) < 4.78 is 9.70. The van der Waals surface area contributed by atoms with Gasteiger partial charge in [-0.05, 0) is 38.8 Å². The number of hydrogen-bond acceptors (Lipinski definition) is 6. The Balaban J connectivity index is 0.000000567. The fourth-order valence-corrected chi connectivity index (χ4v) is 2.52. The molecule has 0 fully saturated rings. The molecule has 168 valence electrons. The van der Waals surface area contributed by atoms with Crippen LogP contribution in [0.25, 0.3) is 0 Å². The topological polar surface area (TPSA) is 127 Å². The van der Waals surface area contributed by atoms with Gasteiger partial charge in [0.25, 0.3) is 0 Å². The van der Waals surface area contributed by atoms with E-state index in [2.05, 4.69) is 0 Å². The van der Waals surface area contributed by atoms with E-state index in [-0.39, 0.29) is 37.2 Å². The van der Waals surface area contributed by atoms with Gasteiger partial charge in [0.05, 0.1) is 24.3 Å². The van der Waals surface area contributed by atoms with Crippen molar-refractivity contribution in [3.63, 3.8) is 0 Å². The number of benzene rings is 1. The maximum atomic E-state index is 11.5. The number of rotatable bonds is 13. The van der Waals surface area contributed by atoms with E-state index in [1.165, 1.54) is 0 Å². The monoisotopic (exact) mass is 424 g/mol. The van der Waals surface area contributed by atoms with Gasteiger partial charge in [-0.15, -0.1) is 0 Å². The number of carboxylic acids is 2. The number of ether oxygens (including phenoxy) is 2. The third kappa shape index (κ3) is 13.3. The maximum Gasteiger partial charge on any atom is 0.338 e. The molecule has 0 heterocycles. The number of hydrogen-bond donors (Lipinski definition) is 2. The predicted octanol–water partition coefficient (Wildman–Crippen LogP) is 4.32. The Bertz CT molecular complexity index is 612. The van der Waals surface area contributed by atoms with Crippen molar-refractivity contribution in [1.29, 1.82) is 0 Å². The summed E-state index contributed by atoms with van der Waals surface area (Å²) in [5.41, 5.74) is 0.477. The molecule has 0 saturated carbocycles. The fourth-order valence-electron chi connectivity index (χ4n) is 2.52. The van der Waals surface area contributed by atoms with Crippen LogP contribution < -0.4 is 0 Å². The van der Waals surface area contributed by atoms with Crippen molar-refractivity contribution in [2.75, 3.05) is 13.2 Å². The van der Waals surface area contributed by atoms with E-state index in [0.717, 1.165) is 38.5 Å². The minimum absolute atomic E-state index is 0.239. The fraction of sp³-hybridized carbons (Fsp3) is 0.545. The average molecular weight is 424 g/mol. The highest BCUT2D eigenvalue weighted by molar-refractivity contribution is 6.03. The van der Waals surface area contributed by atoms with E-state index in [0.29, 0.717) is 0 Å². The first kappa shape index (κ1) is 27.1. The van der Waals surface area contributed by atoms with Gasteiger partial charge in [0, 0.05) is 12.8 Å². The van der Waals surface area contributed by atoms with Crippen molar-refractivity contribution < 1.29 is 38.9 Å². The first-order valence-electron chi connectivity index (χ1n) is 10.2. The molecular weight excluding hydrogens is 392 g/mol. The molecule has 1 rings (SSSR count). The highest BCUT2D eigenvalue weighted by atomic mass is 16.5. The van der Waals surface area contributed by atoms with E-state index in [1.807, 2.05) is 0 Å². The molecule has 0 aliphatic carbocycles. The Labute approximate surface area is 177 Å². The lowest BCUT2D eigenvalue weighted by Crippen LogP contribution is -2.13. The van der Waals surface area contributed by atoms with Crippen LogP contribution in [0.2, 0.25) is 0 Å². The van der Waals surface area contributed by atoms with Gasteiger partial charge < -0.3 is 19.7 Å². The molecule has 0 amide bonds. The molecule has 0 atom stereocenters. The van der Waals surface area contributed by atoms with Crippen molar-refractivity contribution in [2.45, 2.75) is 65.2 Å². The molecule has 0 unspecified atom stereocenters. The van der Waals surface area contributed by atoms with Gasteiger partial charge in [0.15, 0.2) is 0 Å². The highest BCUT2D eigenvalue weighted by Crippen LogP contribution is 2.12. The Hall–Kier alpha value is -2.90. The highest BCUT2D eigenvalue weighted by Gasteiger charge is 2.17. The van der Waals surface area contributed by atoms with Crippen molar-refractivity contribution >= 4 is 23.9 Å². The minimum atomic E-state index is -0.740. The summed E-state index contributed by atoms with van der Waals surface area (Å²) >= 11 is 0. The molecule has 0 saturated heterocycles. The van der Waals surface area contributed by atoms with Gasteiger partial charge in [0.1, 0.15) is 0 Å². The zero-order valence-corrected chi connectivity index (χ0v) is 17.7. The van der Waals surface area contributed by atoms with Gasteiger partial charge in [-0.1, -0.05) is 37.8 Å². The molecule has 0 aliphatic rings. The molecule has 30 heavy (non-hydrogen) atoms. The number of esters is 2. The van der Waals surface area contributed by atoms with Crippen molar-refractivity contribution in [3.05, 3.63) is 35.4 Å². The van der Waals surface area contributed by atoms with Gasteiger partial charge >= 0.3 is 23.9 Å². The number of carbonyl (C=O) groups is 4. The summed E-state index contributed by atoms with van der Waals surface area (Å²) in [6, 6.07) is 6.44. The van der Waals surface area contributed by atoms with Crippen molar-refractivity contribution in [2.24, 2.45) is 0 Å². The second kappa shape index (κ2) is 17.0. The molecule has 2 N–H and O–H groups in total. The predicted molar refractivity (Wildman–Crippen MR) is 111 cm³/mol. The van der Waals surface area contributed by atoms with Gasteiger partial charge in [-0.3, -0.25) is 9.59 Å². The Morgan fingerprint density at radius 2 is 1.00 bits per heavy atom. The smallest absolute Gasteiger partial charge is 0.338 e. The molecule has 1 aromatic carbocycles. The van der Waals surface area contributed by atoms with E-state index in [9.17, 15) is 19.2 Å². The summed E-state index contributed by atoms with van der Waals surface area (Å²) in [4.78, 5) is 43.4. The normalized spacial score (nSPS) is 9.80. The Kier molecular flexibility index (Phi) is 15.4. The summed E-state index contributed by atoms with van der Waals surface area (Å²) in [5.74, 6) is -2.50. The lowest BCUT2D eigenvalue weighted by Gasteiger charge is -2.07. The van der Waals surface area contributed by atoms with Crippen LogP contribution in [0.5, 0.6) is 0 Å². The van der Waals surface area contributed by atoms with Crippen LogP contribution in [-0.2, 0) is 19.1 Å². The minimum Gasteiger partial charge on any atom is -0.481 e. The van der Waals surface area contributed by atoms with Crippen molar-refractivity contribution in [1.82, 2.24) is 0 Å². The van der Waals surface area contributed by atoms with Crippen molar-refractivity contribution in [3.8, 4) is 0 Å². The SMILES string of the molecule is CCOC(=O)c1ccccc1C(=O)OCC.O=C(O)CCCCCCCCC(=O)O. The molecule has 0 aliphatic heterocycles. The summed E-state index contributed by atoms with van der Waals surface area (Å²) in [5, 5.41) is 16.7. The first-order valence-corrected chi connectivity index (χ1v) is 10.2. The molecule has 1 aromatic rings. The Morgan fingerprint density at radius 1 is 0.667 bits per heavy atom. The van der Waals surface area contributed by atoms with Gasteiger partial charge in [-0.2, -0.15) is 0 Å².